The van der Waals surface area contributed by atoms with Crippen LogP contribution in [0.3, 0.4) is 0 Å². The molecule has 49 heavy (non-hydrogen) atoms. The largest absolute Gasteiger partial charge is 0.309 e. The molecule has 2 heteroatoms. The van der Waals surface area contributed by atoms with Crippen LogP contribution in [0, 0.1) is 0 Å². The van der Waals surface area contributed by atoms with Gasteiger partial charge < -0.3 is 9.13 Å². The van der Waals surface area contributed by atoms with Crippen LogP contribution in [0.2, 0.25) is 0 Å². The Hall–Kier alpha value is -6.12. The van der Waals surface area contributed by atoms with E-state index in [9.17, 15) is 0 Å². The first kappa shape index (κ1) is 26.9. The number of hydrogen-bond acceptors (Lipinski definition) is 0. The molecule has 2 nitrogen and oxygen atoms in total. The number of rotatable bonds is 2. The first-order chi connectivity index (χ1) is 24.1. The maximum absolute atomic E-state index is 2.54. The molecular formula is C47H32N2. The van der Waals surface area contributed by atoms with E-state index in [-0.39, 0.29) is 5.41 Å². The van der Waals surface area contributed by atoms with E-state index >= 15 is 0 Å². The van der Waals surface area contributed by atoms with Crippen molar-refractivity contribution >= 4 is 65.2 Å². The average molecular weight is 625 g/mol. The summed E-state index contributed by atoms with van der Waals surface area (Å²) in [7, 11) is 0. The van der Waals surface area contributed by atoms with Gasteiger partial charge in [0.2, 0.25) is 0 Å². The second-order valence-corrected chi connectivity index (χ2v) is 14.1. The van der Waals surface area contributed by atoms with Gasteiger partial charge in [0.15, 0.2) is 0 Å². The van der Waals surface area contributed by atoms with E-state index < -0.39 is 0 Å². The van der Waals surface area contributed by atoms with Gasteiger partial charge >= 0.3 is 0 Å². The van der Waals surface area contributed by atoms with E-state index in [0.29, 0.717) is 0 Å². The average Bonchev–Trinajstić information content (AvgIpc) is 3.75. The van der Waals surface area contributed by atoms with Crippen LogP contribution in [0.15, 0.2) is 158 Å². The molecule has 0 unspecified atom stereocenters. The van der Waals surface area contributed by atoms with Crippen LogP contribution in [-0.4, -0.2) is 9.13 Å². The van der Waals surface area contributed by atoms with Crippen molar-refractivity contribution in [3.05, 3.63) is 169 Å². The summed E-state index contributed by atoms with van der Waals surface area (Å²) in [5.41, 5.74) is 12.7. The van der Waals surface area contributed by atoms with Crippen LogP contribution in [0.4, 0.5) is 0 Å². The van der Waals surface area contributed by atoms with Gasteiger partial charge in [-0.3, -0.25) is 0 Å². The molecule has 1 aliphatic carbocycles. The van der Waals surface area contributed by atoms with Gasteiger partial charge in [0.05, 0.1) is 22.1 Å². The fourth-order valence-electron chi connectivity index (χ4n) is 9.09. The third-order valence-corrected chi connectivity index (χ3v) is 11.3. The summed E-state index contributed by atoms with van der Waals surface area (Å²) in [6, 6.07) is 58.5. The Balaban J connectivity index is 1.25. The SMILES string of the molecule is CC1(C)c2ccccc2-c2cc3c4c5ccccc5c5ccccc5c4n(-c4ccc(-n5c6ccccc6c6ccccc65)cc4)c3cc21. The molecule has 0 spiro atoms. The molecule has 0 saturated heterocycles. The Labute approximate surface area is 284 Å². The quantitative estimate of drug-likeness (QED) is 0.169. The molecule has 11 rings (SSSR count). The van der Waals surface area contributed by atoms with Crippen molar-refractivity contribution < 1.29 is 0 Å². The van der Waals surface area contributed by atoms with Crippen LogP contribution in [-0.2, 0) is 5.41 Å². The topological polar surface area (TPSA) is 9.86 Å². The van der Waals surface area contributed by atoms with Crippen LogP contribution in [0.25, 0.3) is 87.7 Å². The van der Waals surface area contributed by atoms with Crippen molar-refractivity contribution in [2.24, 2.45) is 0 Å². The van der Waals surface area contributed by atoms with E-state index in [1.165, 1.54) is 93.1 Å². The molecule has 0 aliphatic heterocycles. The molecule has 0 N–H and O–H groups in total. The summed E-state index contributed by atoms with van der Waals surface area (Å²) in [4.78, 5) is 0. The van der Waals surface area contributed by atoms with E-state index in [1.807, 2.05) is 0 Å². The number of hydrogen-bond donors (Lipinski definition) is 0. The van der Waals surface area contributed by atoms with Gasteiger partial charge in [-0.1, -0.05) is 123 Å². The molecule has 0 amide bonds. The minimum Gasteiger partial charge on any atom is -0.309 e. The predicted octanol–water partition coefficient (Wildman–Crippen LogP) is 12.5. The van der Waals surface area contributed by atoms with Crippen molar-refractivity contribution in [3.63, 3.8) is 0 Å². The fourth-order valence-corrected chi connectivity index (χ4v) is 9.09. The Bertz CT molecular complexity index is 2950. The highest BCUT2D eigenvalue weighted by molar-refractivity contribution is 6.32. The minimum atomic E-state index is -0.0913. The first-order valence-electron chi connectivity index (χ1n) is 17.2. The molecule has 10 aromatic rings. The van der Waals surface area contributed by atoms with Gasteiger partial charge in [-0.05, 0) is 86.9 Å². The highest BCUT2D eigenvalue weighted by Gasteiger charge is 2.36. The van der Waals surface area contributed by atoms with E-state index in [2.05, 4.69) is 181 Å². The van der Waals surface area contributed by atoms with Crippen molar-refractivity contribution in [2.45, 2.75) is 19.3 Å². The summed E-state index contributed by atoms with van der Waals surface area (Å²) in [6.45, 7) is 4.75. The zero-order valence-corrected chi connectivity index (χ0v) is 27.4. The summed E-state index contributed by atoms with van der Waals surface area (Å²) in [5, 5.41) is 10.3. The van der Waals surface area contributed by atoms with Gasteiger partial charge in [-0.15, -0.1) is 0 Å². The standard InChI is InChI=1S/C47H32N2/c1-47(2)40-20-10-7-15-33(40)38-27-39-44(28-41(38)47)49(46-37-19-6-4-14-32(37)31-13-3-5-18-36(31)45(39)46)30-25-23-29(24-26-30)48-42-21-11-8-16-34(42)35-17-9-12-22-43(35)48/h3-28H,1-2H3. The predicted molar refractivity (Wildman–Crippen MR) is 208 cm³/mol. The molecule has 0 bridgehead atoms. The summed E-state index contributed by atoms with van der Waals surface area (Å²) < 4.78 is 4.93. The maximum atomic E-state index is 2.54. The maximum Gasteiger partial charge on any atom is 0.0625 e. The lowest BCUT2D eigenvalue weighted by molar-refractivity contribution is 0.661. The van der Waals surface area contributed by atoms with E-state index in [1.54, 1.807) is 0 Å². The number of benzene rings is 8. The second-order valence-electron chi connectivity index (χ2n) is 14.1. The summed E-state index contributed by atoms with van der Waals surface area (Å²) in [6.07, 6.45) is 0. The Morgan fingerprint density at radius 3 is 1.55 bits per heavy atom. The van der Waals surface area contributed by atoms with Crippen molar-refractivity contribution in [1.29, 1.82) is 0 Å². The second kappa shape index (κ2) is 9.49. The lowest BCUT2D eigenvalue weighted by atomic mass is 9.82. The zero-order chi connectivity index (χ0) is 32.4. The molecule has 0 saturated carbocycles. The lowest BCUT2D eigenvalue weighted by Crippen LogP contribution is -2.14. The van der Waals surface area contributed by atoms with Crippen molar-refractivity contribution in [1.82, 2.24) is 9.13 Å². The van der Waals surface area contributed by atoms with Gasteiger partial charge in [-0.2, -0.15) is 0 Å². The molecule has 2 aromatic heterocycles. The Morgan fingerprint density at radius 1 is 0.367 bits per heavy atom. The third-order valence-electron chi connectivity index (χ3n) is 11.3. The Morgan fingerprint density at radius 2 is 0.878 bits per heavy atom. The minimum absolute atomic E-state index is 0.0913. The van der Waals surface area contributed by atoms with Gasteiger partial charge in [0.1, 0.15) is 0 Å². The molecule has 0 radical (unpaired) electrons. The normalized spacial score (nSPS) is 13.7. The smallest absolute Gasteiger partial charge is 0.0625 e. The molecule has 0 atom stereocenters. The summed E-state index contributed by atoms with van der Waals surface area (Å²) >= 11 is 0. The molecule has 1 aliphatic rings. The van der Waals surface area contributed by atoms with Crippen LogP contribution < -0.4 is 0 Å². The lowest BCUT2D eigenvalue weighted by Gasteiger charge is -2.21. The Kier molecular flexibility index (Phi) is 5.21. The fraction of sp³-hybridized carbons (Fsp3) is 0.0638. The van der Waals surface area contributed by atoms with Crippen LogP contribution in [0.1, 0.15) is 25.0 Å². The van der Waals surface area contributed by atoms with Crippen LogP contribution in [0.5, 0.6) is 0 Å². The molecule has 2 heterocycles. The first-order valence-corrected chi connectivity index (χ1v) is 17.2. The van der Waals surface area contributed by atoms with Crippen molar-refractivity contribution in [2.75, 3.05) is 0 Å². The number of nitrogens with zero attached hydrogens (tertiary/aromatic N) is 2. The number of fused-ring (bicyclic) bond motifs is 14. The molecule has 8 aromatic carbocycles. The molecule has 230 valence electrons. The van der Waals surface area contributed by atoms with Gasteiger partial charge in [0, 0.05) is 43.7 Å². The van der Waals surface area contributed by atoms with Gasteiger partial charge in [0.25, 0.3) is 0 Å². The third kappa shape index (κ3) is 3.45. The molecular weight excluding hydrogens is 593 g/mol. The van der Waals surface area contributed by atoms with Gasteiger partial charge in [-0.25, -0.2) is 0 Å². The van der Waals surface area contributed by atoms with E-state index in [0.717, 1.165) is 5.69 Å². The highest BCUT2D eigenvalue weighted by atomic mass is 15.0. The molecule has 0 fully saturated rings. The number of aromatic nitrogens is 2. The van der Waals surface area contributed by atoms with Crippen molar-refractivity contribution in [3.8, 4) is 22.5 Å². The summed E-state index contributed by atoms with van der Waals surface area (Å²) in [5.74, 6) is 0. The monoisotopic (exact) mass is 624 g/mol. The van der Waals surface area contributed by atoms with E-state index in [4.69, 9.17) is 0 Å². The van der Waals surface area contributed by atoms with Crippen LogP contribution >= 0.6 is 0 Å². The zero-order valence-electron chi connectivity index (χ0n) is 27.4. The highest BCUT2D eigenvalue weighted by Crippen LogP contribution is 2.52. The number of para-hydroxylation sites is 2.